The van der Waals surface area contributed by atoms with Crippen LogP contribution in [0.25, 0.3) is 12.7 Å². The molecule has 3 nitrogen and oxygen atoms in total. The fourth-order valence-electron chi connectivity index (χ4n) is 1.60. The van der Waals surface area contributed by atoms with Crippen LogP contribution in [-0.2, 0) is 6.54 Å². The molecule has 0 amide bonds. The van der Waals surface area contributed by atoms with Gasteiger partial charge in [-0.1, -0.05) is 36.9 Å². The van der Waals surface area contributed by atoms with Gasteiger partial charge in [0.25, 0.3) is 0 Å². The second-order valence-corrected chi connectivity index (χ2v) is 3.54. The van der Waals surface area contributed by atoms with Crippen LogP contribution in [0.2, 0.25) is 0 Å². The van der Waals surface area contributed by atoms with E-state index in [0.29, 0.717) is 17.3 Å². The summed E-state index contributed by atoms with van der Waals surface area (Å²) in [6.07, 6.45) is 1.74. The van der Waals surface area contributed by atoms with Gasteiger partial charge in [0.15, 0.2) is 5.42 Å². The van der Waals surface area contributed by atoms with Gasteiger partial charge in [0.1, 0.15) is 0 Å². The average Bonchev–Trinajstić information content (AvgIpc) is 2.58. The molecule has 0 fully saturated rings. The summed E-state index contributed by atoms with van der Waals surface area (Å²) >= 11 is 0. The quantitative estimate of drug-likeness (QED) is 0.739. The molecule has 1 heterocycles. The molecule has 0 saturated heterocycles. The highest BCUT2D eigenvalue weighted by Gasteiger charge is 2.03. The van der Waals surface area contributed by atoms with Crippen molar-refractivity contribution in [1.82, 2.24) is 4.57 Å². The van der Waals surface area contributed by atoms with Crippen molar-refractivity contribution < 1.29 is 4.42 Å². The minimum Gasteiger partial charge on any atom is -0.408 e. The van der Waals surface area contributed by atoms with Crippen molar-refractivity contribution in [3.05, 3.63) is 57.2 Å². The highest BCUT2D eigenvalue weighted by molar-refractivity contribution is 5.17. The molecule has 0 bridgehead atoms. The Labute approximate surface area is 93.0 Å². The van der Waals surface area contributed by atoms with Crippen LogP contribution in [0.4, 0.5) is 0 Å². The Morgan fingerprint density at radius 2 is 2.06 bits per heavy atom. The van der Waals surface area contributed by atoms with E-state index in [1.54, 1.807) is 6.08 Å². The monoisotopic (exact) mass is 215 g/mol. The van der Waals surface area contributed by atoms with Crippen molar-refractivity contribution in [2.45, 2.75) is 13.5 Å². The number of benzene rings is 1. The maximum atomic E-state index is 11.6. The van der Waals surface area contributed by atoms with Gasteiger partial charge < -0.3 is 4.42 Å². The number of rotatable bonds is 2. The summed E-state index contributed by atoms with van der Waals surface area (Å²) in [6, 6.07) is 9.76. The van der Waals surface area contributed by atoms with Crippen molar-refractivity contribution in [1.29, 1.82) is 0 Å². The van der Waals surface area contributed by atoms with Crippen LogP contribution in [-0.4, -0.2) is 4.57 Å². The van der Waals surface area contributed by atoms with Crippen molar-refractivity contribution in [3.8, 4) is 0 Å². The summed E-state index contributed by atoms with van der Waals surface area (Å²) in [4.78, 5) is 11.6. The molecule has 16 heavy (non-hydrogen) atoms. The van der Waals surface area contributed by atoms with E-state index in [1.807, 2.05) is 37.3 Å². The van der Waals surface area contributed by atoms with Gasteiger partial charge in [-0.2, -0.15) is 0 Å². The molecular formula is C13H13NO2. The SMILES string of the molecule is C=c1/c(=C\C)oc(=O)n1Cc1ccccc1. The van der Waals surface area contributed by atoms with Gasteiger partial charge in [0.05, 0.1) is 11.9 Å². The van der Waals surface area contributed by atoms with E-state index in [9.17, 15) is 4.79 Å². The average molecular weight is 215 g/mol. The maximum Gasteiger partial charge on any atom is 0.420 e. The summed E-state index contributed by atoms with van der Waals surface area (Å²) in [5, 5.41) is 0.622. The zero-order chi connectivity index (χ0) is 11.5. The minimum absolute atomic E-state index is 0.359. The lowest BCUT2D eigenvalue weighted by molar-refractivity contribution is 0.464. The molecule has 0 aliphatic rings. The third-order valence-electron chi connectivity index (χ3n) is 2.47. The molecular weight excluding hydrogens is 202 g/mol. The largest absolute Gasteiger partial charge is 0.420 e. The number of nitrogens with zero attached hydrogens (tertiary/aromatic N) is 1. The Morgan fingerprint density at radius 1 is 1.38 bits per heavy atom. The van der Waals surface area contributed by atoms with Gasteiger partial charge in [0.2, 0.25) is 0 Å². The molecule has 0 atom stereocenters. The van der Waals surface area contributed by atoms with Crippen LogP contribution in [0.15, 0.2) is 39.5 Å². The fraction of sp³-hybridized carbons (Fsp3) is 0.154. The van der Waals surface area contributed by atoms with Crippen molar-refractivity contribution in [3.63, 3.8) is 0 Å². The first-order valence-electron chi connectivity index (χ1n) is 5.11. The number of hydrogen-bond acceptors (Lipinski definition) is 2. The second kappa shape index (κ2) is 4.23. The molecule has 0 aliphatic heterocycles. The van der Waals surface area contributed by atoms with Crippen LogP contribution in [0.1, 0.15) is 12.5 Å². The topological polar surface area (TPSA) is 35.1 Å². The molecule has 0 aliphatic carbocycles. The first kappa shape index (κ1) is 10.5. The predicted molar refractivity (Wildman–Crippen MR) is 63.4 cm³/mol. The third-order valence-corrected chi connectivity index (χ3v) is 2.47. The Morgan fingerprint density at radius 3 is 2.62 bits per heavy atom. The van der Waals surface area contributed by atoms with E-state index in [-0.39, 0.29) is 5.76 Å². The zero-order valence-corrected chi connectivity index (χ0v) is 9.14. The second-order valence-electron chi connectivity index (χ2n) is 3.54. The summed E-state index contributed by atoms with van der Waals surface area (Å²) < 4.78 is 6.59. The van der Waals surface area contributed by atoms with Gasteiger partial charge in [-0.25, -0.2) is 4.79 Å². The molecule has 82 valence electrons. The Balaban J connectivity index is 2.48. The smallest absolute Gasteiger partial charge is 0.408 e. The van der Waals surface area contributed by atoms with Crippen LogP contribution < -0.4 is 16.5 Å². The van der Waals surface area contributed by atoms with E-state index in [4.69, 9.17) is 4.42 Å². The Kier molecular flexibility index (Phi) is 2.77. The van der Waals surface area contributed by atoms with Crippen LogP contribution in [0.5, 0.6) is 0 Å². The highest BCUT2D eigenvalue weighted by atomic mass is 16.4. The first-order chi connectivity index (χ1) is 7.72. The van der Waals surface area contributed by atoms with Crippen LogP contribution in [0.3, 0.4) is 0 Å². The van der Waals surface area contributed by atoms with E-state index >= 15 is 0 Å². The molecule has 0 saturated carbocycles. The molecule has 2 rings (SSSR count). The maximum absolute atomic E-state index is 11.6. The van der Waals surface area contributed by atoms with E-state index in [0.717, 1.165) is 5.56 Å². The molecule has 3 heteroatoms. The lowest BCUT2D eigenvalue weighted by atomic mass is 10.2. The highest BCUT2D eigenvalue weighted by Crippen LogP contribution is 1.98. The first-order valence-corrected chi connectivity index (χ1v) is 5.11. The number of hydrogen-bond donors (Lipinski definition) is 0. The molecule has 2 aromatic rings. The van der Waals surface area contributed by atoms with E-state index in [1.165, 1.54) is 4.57 Å². The number of aromatic nitrogens is 1. The van der Waals surface area contributed by atoms with E-state index < -0.39 is 0 Å². The summed E-state index contributed by atoms with van der Waals surface area (Å²) in [5.41, 5.74) is 1.60. The van der Waals surface area contributed by atoms with Crippen LogP contribution in [0, 0.1) is 0 Å². The van der Waals surface area contributed by atoms with Gasteiger partial charge in [-0.05, 0) is 18.6 Å². The summed E-state index contributed by atoms with van der Waals surface area (Å²) in [5.74, 6) is -0.359. The van der Waals surface area contributed by atoms with Gasteiger partial charge in [-0.3, -0.25) is 4.57 Å². The number of oxazole rings is 1. The minimum atomic E-state index is -0.359. The Bertz CT molecular complexity index is 635. The van der Waals surface area contributed by atoms with Crippen molar-refractivity contribution in [2.24, 2.45) is 0 Å². The van der Waals surface area contributed by atoms with Gasteiger partial charge in [-0.15, -0.1) is 0 Å². The Hall–Kier alpha value is -2.03. The fourth-order valence-corrected chi connectivity index (χ4v) is 1.60. The summed E-state index contributed by atoms with van der Waals surface area (Å²) in [7, 11) is 0. The lowest BCUT2D eigenvalue weighted by Gasteiger charge is -1.99. The molecule has 0 N–H and O–H groups in total. The van der Waals surface area contributed by atoms with E-state index in [2.05, 4.69) is 6.58 Å². The van der Waals surface area contributed by atoms with Gasteiger partial charge >= 0.3 is 5.76 Å². The van der Waals surface area contributed by atoms with Gasteiger partial charge in [0, 0.05) is 0 Å². The lowest BCUT2D eigenvalue weighted by Crippen LogP contribution is -2.31. The molecule has 0 unspecified atom stereocenters. The van der Waals surface area contributed by atoms with Crippen molar-refractivity contribution in [2.75, 3.05) is 0 Å². The van der Waals surface area contributed by atoms with Crippen LogP contribution >= 0.6 is 0 Å². The molecule has 1 aromatic carbocycles. The standard InChI is InChI=1S/C13H13NO2/c1-3-12-10(2)14(13(15)16-12)9-11-7-5-4-6-8-11/h3-8H,2,9H2,1H3/b12-3+. The molecule has 0 radical (unpaired) electrons. The van der Waals surface area contributed by atoms with Crippen molar-refractivity contribution >= 4 is 12.7 Å². The normalized spacial score (nSPS) is 11.9. The zero-order valence-electron chi connectivity index (χ0n) is 9.14. The third kappa shape index (κ3) is 1.84. The molecule has 1 aromatic heterocycles. The summed E-state index contributed by atoms with van der Waals surface area (Å²) in [6.45, 7) is 6.16. The predicted octanol–water partition coefficient (Wildman–Crippen LogP) is 0.700. The molecule has 0 spiro atoms.